The number of furan rings is 1. The summed E-state index contributed by atoms with van der Waals surface area (Å²) in [6.45, 7) is 3.46. The first-order valence-corrected chi connectivity index (χ1v) is 9.09. The lowest BCUT2D eigenvalue weighted by Crippen LogP contribution is -2.24. The standard InChI is InChI=1S/C21H17F2N5O2/c1-12-3-6-19(30-12)18-7-8-24-21(27-18)28-13(2)16(11-26-28)20(29)25-10-14-4-5-15(22)9-17(14)23/h3-9,11H,10H2,1-2H3,(H,25,29). The second kappa shape index (κ2) is 7.86. The second-order valence-electron chi connectivity index (χ2n) is 6.63. The summed E-state index contributed by atoms with van der Waals surface area (Å²) in [5.41, 5.74) is 1.57. The van der Waals surface area contributed by atoms with Crippen LogP contribution in [-0.2, 0) is 6.54 Å². The van der Waals surface area contributed by atoms with Gasteiger partial charge >= 0.3 is 0 Å². The summed E-state index contributed by atoms with van der Waals surface area (Å²) in [7, 11) is 0. The molecule has 4 aromatic rings. The monoisotopic (exact) mass is 409 g/mol. The Hall–Kier alpha value is -3.88. The third kappa shape index (κ3) is 3.82. The normalized spacial score (nSPS) is 10.9. The SMILES string of the molecule is Cc1ccc(-c2ccnc(-n3ncc(C(=O)NCc4ccc(F)cc4F)c3C)n2)o1. The molecule has 0 radical (unpaired) electrons. The highest BCUT2D eigenvalue weighted by molar-refractivity contribution is 5.95. The molecule has 0 spiro atoms. The van der Waals surface area contributed by atoms with Crippen molar-refractivity contribution in [3.05, 3.63) is 83.0 Å². The Morgan fingerprint density at radius 1 is 1.17 bits per heavy atom. The molecule has 0 unspecified atom stereocenters. The maximum atomic E-state index is 13.8. The highest BCUT2D eigenvalue weighted by Gasteiger charge is 2.17. The summed E-state index contributed by atoms with van der Waals surface area (Å²) in [5, 5.41) is 6.82. The molecule has 0 fully saturated rings. The van der Waals surface area contributed by atoms with Gasteiger partial charge in [-0.1, -0.05) is 6.07 Å². The van der Waals surface area contributed by atoms with Crippen LogP contribution in [0, 0.1) is 25.5 Å². The fraction of sp³-hybridized carbons (Fsp3) is 0.143. The number of hydrogen-bond acceptors (Lipinski definition) is 5. The van der Waals surface area contributed by atoms with Crippen molar-refractivity contribution in [2.24, 2.45) is 0 Å². The second-order valence-corrected chi connectivity index (χ2v) is 6.63. The van der Waals surface area contributed by atoms with Crippen molar-refractivity contribution in [2.75, 3.05) is 0 Å². The molecule has 0 aliphatic carbocycles. The Balaban J connectivity index is 1.54. The van der Waals surface area contributed by atoms with E-state index >= 15 is 0 Å². The van der Waals surface area contributed by atoms with Gasteiger partial charge in [-0.15, -0.1) is 0 Å². The van der Waals surface area contributed by atoms with Gasteiger partial charge in [0.25, 0.3) is 11.9 Å². The van der Waals surface area contributed by atoms with E-state index in [1.807, 2.05) is 19.1 Å². The number of rotatable bonds is 5. The van der Waals surface area contributed by atoms with Crippen molar-refractivity contribution < 1.29 is 18.0 Å². The molecule has 3 aromatic heterocycles. The minimum atomic E-state index is -0.721. The van der Waals surface area contributed by atoms with Gasteiger partial charge in [0.05, 0.1) is 17.5 Å². The van der Waals surface area contributed by atoms with E-state index in [9.17, 15) is 13.6 Å². The van der Waals surface area contributed by atoms with Gasteiger partial charge in [0.15, 0.2) is 5.76 Å². The van der Waals surface area contributed by atoms with Crippen LogP contribution in [0.15, 0.2) is 53.2 Å². The Morgan fingerprint density at radius 2 is 2.00 bits per heavy atom. The quantitative estimate of drug-likeness (QED) is 0.543. The maximum Gasteiger partial charge on any atom is 0.255 e. The minimum absolute atomic E-state index is 0.0839. The summed E-state index contributed by atoms with van der Waals surface area (Å²) in [5.74, 6) is -0.201. The van der Waals surface area contributed by atoms with Gasteiger partial charge in [-0.3, -0.25) is 4.79 Å². The summed E-state index contributed by atoms with van der Waals surface area (Å²) in [4.78, 5) is 21.2. The van der Waals surface area contributed by atoms with E-state index in [4.69, 9.17) is 4.42 Å². The van der Waals surface area contributed by atoms with Crippen molar-refractivity contribution in [1.29, 1.82) is 0 Å². The molecule has 152 valence electrons. The zero-order chi connectivity index (χ0) is 21.3. The first kappa shape index (κ1) is 19.4. The molecule has 0 bridgehead atoms. The molecular formula is C21H17F2N5O2. The zero-order valence-electron chi connectivity index (χ0n) is 16.2. The number of aryl methyl sites for hydroxylation is 1. The van der Waals surface area contributed by atoms with Gasteiger partial charge in [0.2, 0.25) is 0 Å². The lowest BCUT2D eigenvalue weighted by Gasteiger charge is -2.07. The summed E-state index contributed by atoms with van der Waals surface area (Å²) in [6.07, 6.45) is 2.96. The van der Waals surface area contributed by atoms with Crippen LogP contribution < -0.4 is 5.32 Å². The Bertz CT molecular complexity index is 1230. The number of carbonyl (C=O) groups is 1. The van der Waals surface area contributed by atoms with Gasteiger partial charge in [-0.05, 0) is 38.1 Å². The molecule has 9 heteroatoms. The Kier molecular flexibility index (Phi) is 5.09. The average molecular weight is 409 g/mol. The Morgan fingerprint density at radius 3 is 2.73 bits per heavy atom. The van der Waals surface area contributed by atoms with Crippen molar-refractivity contribution >= 4 is 5.91 Å². The van der Waals surface area contributed by atoms with Crippen molar-refractivity contribution in [3.8, 4) is 17.4 Å². The predicted molar refractivity (Wildman–Crippen MR) is 104 cm³/mol. The fourth-order valence-corrected chi connectivity index (χ4v) is 2.93. The lowest BCUT2D eigenvalue weighted by molar-refractivity contribution is 0.0950. The van der Waals surface area contributed by atoms with Crippen LogP contribution in [0.2, 0.25) is 0 Å². The van der Waals surface area contributed by atoms with Crippen LogP contribution >= 0.6 is 0 Å². The minimum Gasteiger partial charge on any atom is -0.460 e. The molecule has 1 N–H and O–H groups in total. The van der Waals surface area contributed by atoms with E-state index in [-0.39, 0.29) is 18.1 Å². The van der Waals surface area contributed by atoms with Crippen molar-refractivity contribution in [2.45, 2.75) is 20.4 Å². The number of aromatic nitrogens is 4. The van der Waals surface area contributed by atoms with Crippen LogP contribution in [-0.4, -0.2) is 25.7 Å². The van der Waals surface area contributed by atoms with Gasteiger partial charge in [-0.2, -0.15) is 5.10 Å². The average Bonchev–Trinajstić information content (AvgIpc) is 3.33. The van der Waals surface area contributed by atoms with Crippen molar-refractivity contribution in [3.63, 3.8) is 0 Å². The molecule has 0 atom stereocenters. The molecule has 1 amide bonds. The number of benzene rings is 1. The van der Waals surface area contributed by atoms with E-state index < -0.39 is 17.5 Å². The summed E-state index contributed by atoms with van der Waals surface area (Å²) < 4.78 is 33.8. The van der Waals surface area contributed by atoms with Gasteiger partial charge in [0, 0.05) is 24.4 Å². The predicted octanol–water partition coefficient (Wildman–Crippen LogP) is 3.75. The number of carbonyl (C=O) groups excluding carboxylic acids is 1. The number of nitrogens with zero attached hydrogens (tertiary/aromatic N) is 4. The van der Waals surface area contributed by atoms with E-state index in [0.29, 0.717) is 22.7 Å². The molecule has 0 saturated heterocycles. The van der Waals surface area contributed by atoms with Crippen molar-refractivity contribution in [1.82, 2.24) is 25.1 Å². The molecule has 3 heterocycles. The lowest BCUT2D eigenvalue weighted by atomic mass is 10.2. The number of hydrogen-bond donors (Lipinski definition) is 1. The molecule has 0 saturated carbocycles. The zero-order valence-corrected chi connectivity index (χ0v) is 16.2. The highest BCUT2D eigenvalue weighted by Crippen LogP contribution is 2.21. The number of nitrogens with one attached hydrogen (secondary N) is 1. The smallest absolute Gasteiger partial charge is 0.255 e. The molecular weight excluding hydrogens is 392 g/mol. The molecule has 7 nitrogen and oxygen atoms in total. The highest BCUT2D eigenvalue weighted by atomic mass is 19.1. The molecule has 0 aliphatic heterocycles. The summed E-state index contributed by atoms with van der Waals surface area (Å²) in [6, 6.07) is 8.56. The molecule has 0 aliphatic rings. The fourth-order valence-electron chi connectivity index (χ4n) is 2.93. The molecule has 4 rings (SSSR count). The first-order valence-electron chi connectivity index (χ1n) is 9.09. The third-order valence-electron chi connectivity index (χ3n) is 4.53. The van der Waals surface area contributed by atoms with Gasteiger partial charge in [-0.25, -0.2) is 23.4 Å². The first-order chi connectivity index (χ1) is 14.4. The Labute approximate surface area is 170 Å². The van der Waals surface area contributed by atoms with E-state index in [0.717, 1.165) is 17.9 Å². The maximum absolute atomic E-state index is 13.8. The van der Waals surface area contributed by atoms with Crippen LogP contribution in [0.4, 0.5) is 8.78 Å². The third-order valence-corrected chi connectivity index (χ3v) is 4.53. The largest absolute Gasteiger partial charge is 0.460 e. The van der Waals surface area contributed by atoms with E-state index in [1.54, 1.807) is 19.2 Å². The number of halogens is 2. The number of amides is 1. The van der Waals surface area contributed by atoms with Crippen LogP contribution in [0.25, 0.3) is 17.4 Å². The van der Waals surface area contributed by atoms with E-state index in [1.165, 1.54) is 16.9 Å². The van der Waals surface area contributed by atoms with E-state index in [2.05, 4.69) is 20.4 Å². The van der Waals surface area contributed by atoms with Gasteiger partial charge < -0.3 is 9.73 Å². The molecule has 30 heavy (non-hydrogen) atoms. The summed E-state index contributed by atoms with van der Waals surface area (Å²) >= 11 is 0. The van der Waals surface area contributed by atoms with Crippen LogP contribution in [0.3, 0.4) is 0 Å². The van der Waals surface area contributed by atoms with Crippen LogP contribution in [0.1, 0.15) is 27.4 Å². The van der Waals surface area contributed by atoms with Crippen LogP contribution in [0.5, 0.6) is 0 Å². The topological polar surface area (TPSA) is 85.8 Å². The van der Waals surface area contributed by atoms with Gasteiger partial charge in [0.1, 0.15) is 23.1 Å². The molecule has 1 aromatic carbocycles.